The molecule has 0 aliphatic heterocycles. The molecule has 1 fully saturated rings. The van der Waals surface area contributed by atoms with Crippen LogP contribution in [-0.4, -0.2) is 20.4 Å². The fraction of sp³-hybridized carbons (Fsp3) is 0.235. The topological polar surface area (TPSA) is 75.3 Å². The van der Waals surface area contributed by atoms with Crippen LogP contribution in [0.15, 0.2) is 48.5 Å². The van der Waals surface area contributed by atoms with Gasteiger partial charge >= 0.3 is 0 Å². The highest BCUT2D eigenvalue weighted by Crippen LogP contribution is 2.21. The van der Waals surface area contributed by atoms with E-state index < -0.39 is 10.0 Å². The van der Waals surface area contributed by atoms with Gasteiger partial charge in [-0.25, -0.2) is 8.42 Å². The van der Waals surface area contributed by atoms with Crippen LogP contribution in [0.5, 0.6) is 0 Å². The third kappa shape index (κ3) is 4.49. The number of benzene rings is 2. The number of carbonyl (C=O) groups is 1. The Bertz CT molecular complexity index is 846. The zero-order valence-electron chi connectivity index (χ0n) is 12.8. The first-order chi connectivity index (χ1) is 11.4. The summed E-state index contributed by atoms with van der Waals surface area (Å²) in [6.45, 7) is 0. The molecule has 5 nitrogen and oxygen atoms in total. The second-order valence-corrected chi connectivity index (χ2v) is 7.91. The first-order valence-electron chi connectivity index (χ1n) is 7.58. The van der Waals surface area contributed by atoms with E-state index in [4.69, 9.17) is 11.6 Å². The van der Waals surface area contributed by atoms with Crippen LogP contribution < -0.4 is 10.0 Å². The molecule has 7 heteroatoms. The molecule has 2 N–H and O–H groups in total. The highest BCUT2D eigenvalue weighted by atomic mass is 35.5. The van der Waals surface area contributed by atoms with E-state index in [1.165, 1.54) is 0 Å². The lowest BCUT2D eigenvalue weighted by molar-refractivity contribution is 0.0951. The predicted molar refractivity (Wildman–Crippen MR) is 94.6 cm³/mol. The monoisotopic (exact) mass is 364 g/mol. The van der Waals surface area contributed by atoms with E-state index in [0.717, 1.165) is 12.8 Å². The Labute approximate surface area is 146 Å². The number of anilines is 1. The average Bonchev–Trinajstić information content (AvgIpc) is 3.33. The van der Waals surface area contributed by atoms with Crippen LogP contribution in [-0.2, 0) is 15.8 Å². The highest BCUT2D eigenvalue weighted by Gasteiger charge is 2.23. The molecule has 0 radical (unpaired) electrons. The van der Waals surface area contributed by atoms with Gasteiger partial charge in [0, 0.05) is 22.3 Å². The van der Waals surface area contributed by atoms with Crippen molar-refractivity contribution < 1.29 is 13.2 Å². The van der Waals surface area contributed by atoms with Crippen molar-refractivity contribution >= 4 is 33.2 Å². The Morgan fingerprint density at radius 1 is 1.08 bits per heavy atom. The van der Waals surface area contributed by atoms with Crippen LogP contribution in [0.2, 0.25) is 5.02 Å². The van der Waals surface area contributed by atoms with Crippen LogP contribution in [0, 0.1) is 0 Å². The van der Waals surface area contributed by atoms with Crippen molar-refractivity contribution in [2.75, 3.05) is 4.72 Å². The molecule has 0 unspecified atom stereocenters. The molecule has 0 spiro atoms. The lowest BCUT2D eigenvalue weighted by Crippen LogP contribution is -2.25. The Morgan fingerprint density at radius 3 is 2.38 bits per heavy atom. The molecule has 3 rings (SSSR count). The first kappa shape index (κ1) is 16.8. The summed E-state index contributed by atoms with van der Waals surface area (Å²) >= 11 is 6.00. The second-order valence-electron chi connectivity index (χ2n) is 5.78. The molecule has 1 amide bonds. The fourth-order valence-corrected chi connectivity index (χ4v) is 3.73. The third-order valence-corrected chi connectivity index (χ3v) is 5.24. The van der Waals surface area contributed by atoms with E-state index in [9.17, 15) is 13.2 Å². The van der Waals surface area contributed by atoms with Crippen molar-refractivity contribution in [3.05, 3.63) is 64.7 Å². The summed E-state index contributed by atoms with van der Waals surface area (Å²) in [5, 5.41) is 3.30. The number of amides is 1. The molecule has 2 aromatic carbocycles. The fourth-order valence-electron chi connectivity index (χ4n) is 2.22. The van der Waals surface area contributed by atoms with E-state index in [-0.39, 0.29) is 17.7 Å². The van der Waals surface area contributed by atoms with E-state index in [2.05, 4.69) is 10.0 Å². The van der Waals surface area contributed by atoms with Gasteiger partial charge in [-0.3, -0.25) is 9.52 Å². The van der Waals surface area contributed by atoms with Crippen molar-refractivity contribution in [2.24, 2.45) is 0 Å². The number of hydrogen-bond donors (Lipinski definition) is 2. The summed E-state index contributed by atoms with van der Waals surface area (Å²) in [5.74, 6) is -0.348. The van der Waals surface area contributed by atoms with Crippen molar-refractivity contribution in [3.8, 4) is 0 Å². The van der Waals surface area contributed by atoms with Gasteiger partial charge in [0.05, 0.1) is 5.75 Å². The van der Waals surface area contributed by atoms with Crippen molar-refractivity contribution in [2.45, 2.75) is 24.6 Å². The van der Waals surface area contributed by atoms with Crippen LogP contribution in [0.25, 0.3) is 0 Å². The molecule has 0 bridgehead atoms. The molecule has 0 heterocycles. The minimum absolute atomic E-state index is 0.136. The summed E-state index contributed by atoms with van der Waals surface area (Å²) < 4.78 is 27.0. The molecule has 1 aliphatic carbocycles. The Kier molecular flexibility index (Phi) is 4.78. The van der Waals surface area contributed by atoms with Crippen LogP contribution >= 0.6 is 11.6 Å². The van der Waals surface area contributed by atoms with E-state index in [1.54, 1.807) is 48.5 Å². The second kappa shape index (κ2) is 6.83. The number of carbonyl (C=O) groups excluding carboxylic acids is 1. The Morgan fingerprint density at radius 2 is 1.75 bits per heavy atom. The smallest absolute Gasteiger partial charge is 0.251 e. The SMILES string of the molecule is O=C(NC1CC1)c1ccc(NS(=O)(=O)Cc2ccccc2Cl)cc1. The molecule has 0 saturated heterocycles. The summed E-state index contributed by atoms with van der Waals surface area (Å²) in [5.41, 5.74) is 1.45. The van der Waals surface area contributed by atoms with E-state index >= 15 is 0 Å². The average molecular weight is 365 g/mol. The van der Waals surface area contributed by atoms with Crippen molar-refractivity contribution in [1.82, 2.24) is 5.32 Å². The summed E-state index contributed by atoms with van der Waals surface area (Å²) in [6.07, 6.45) is 2.04. The van der Waals surface area contributed by atoms with Crippen molar-refractivity contribution in [3.63, 3.8) is 0 Å². The summed E-state index contributed by atoms with van der Waals surface area (Å²) in [7, 11) is -3.59. The van der Waals surface area contributed by atoms with Gasteiger partial charge in [0.15, 0.2) is 0 Å². The number of nitrogens with one attached hydrogen (secondary N) is 2. The number of hydrogen-bond acceptors (Lipinski definition) is 3. The van der Waals surface area contributed by atoms with Gasteiger partial charge in [0.25, 0.3) is 5.91 Å². The molecular weight excluding hydrogens is 348 g/mol. The quantitative estimate of drug-likeness (QED) is 0.826. The largest absolute Gasteiger partial charge is 0.349 e. The van der Waals surface area contributed by atoms with Gasteiger partial charge in [-0.1, -0.05) is 29.8 Å². The number of sulfonamides is 1. The third-order valence-electron chi connectivity index (χ3n) is 3.64. The minimum Gasteiger partial charge on any atom is -0.349 e. The molecule has 1 aliphatic rings. The van der Waals surface area contributed by atoms with Gasteiger partial charge < -0.3 is 5.32 Å². The number of halogens is 1. The maximum absolute atomic E-state index is 12.2. The van der Waals surface area contributed by atoms with E-state index in [1.807, 2.05) is 0 Å². The molecule has 1 saturated carbocycles. The first-order valence-corrected chi connectivity index (χ1v) is 9.61. The van der Waals surface area contributed by atoms with E-state index in [0.29, 0.717) is 21.8 Å². The van der Waals surface area contributed by atoms with Gasteiger partial charge in [0.1, 0.15) is 0 Å². The zero-order chi connectivity index (χ0) is 17.2. The summed E-state index contributed by atoms with van der Waals surface area (Å²) in [6, 6.07) is 13.5. The molecule has 2 aromatic rings. The Balaban J connectivity index is 1.66. The van der Waals surface area contributed by atoms with Gasteiger partial charge in [-0.05, 0) is 48.7 Å². The van der Waals surface area contributed by atoms with Crippen LogP contribution in [0.3, 0.4) is 0 Å². The predicted octanol–water partition coefficient (Wildman–Crippen LogP) is 3.17. The lowest BCUT2D eigenvalue weighted by Gasteiger charge is -2.10. The van der Waals surface area contributed by atoms with Crippen LogP contribution in [0.4, 0.5) is 5.69 Å². The van der Waals surface area contributed by atoms with Gasteiger partial charge in [0.2, 0.25) is 10.0 Å². The standard InChI is InChI=1S/C17H17ClN2O3S/c18-16-4-2-1-3-13(16)11-24(22,23)20-15-7-5-12(6-8-15)17(21)19-14-9-10-14/h1-8,14,20H,9-11H2,(H,19,21). The molecular formula is C17H17ClN2O3S. The Hall–Kier alpha value is -2.05. The van der Waals surface area contributed by atoms with Gasteiger partial charge in [-0.15, -0.1) is 0 Å². The summed E-state index contributed by atoms with van der Waals surface area (Å²) in [4.78, 5) is 11.9. The molecule has 0 atom stereocenters. The molecule has 126 valence electrons. The van der Waals surface area contributed by atoms with Crippen LogP contribution in [0.1, 0.15) is 28.8 Å². The molecule has 0 aromatic heterocycles. The van der Waals surface area contributed by atoms with Crippen molar-refractivity contribution in [1.29, 1.82) is 0 Å². The zero-order valence-corrected chi connectivity index (χ0v) is 14.4. The number of rotatable bonds is 6. The lowest BCUT2D eigenvalue weighted by atomic mass is 10.2. The minimum atomic E-state index is -3.59. The highest BCUT2D eigenvalue weighted by molar-refractivity contribution is 7.91. The maximum atomic E-state index is 12.2. The normalized spacial score (nSPS) is 14.2. The molecule has 24 heavy (non-hydrogen) atoms. The maximum Gasteiger partial charge on any atom is 0.251 e. The van der Waals surface area contributed by atoms with Gasteiger partial charge in [-0.2, -0.15) is 0 Å².